The Hall–Kier alpha value is -2.41. The van der Waals surface area contributed by atoms with Gasteiger partial charge in [-0.25, -0.2) is 0 Å². The molecule has 0 fully saturated rings. The van der Waals surface area contributed by atoms with E-state index in [4.69, 9.17) is 0 Å². The summed E-state index contributed by atoms with van der Waals surface area (Å²) in [5, 5.41) is 2.35. The molecule has 0 atom stereocenters. The fourth-order valence-corrected chi connectivity index (χ4v) is 1.57. The van der Waals surface area contributed by atoms with Gasteiger partial charge < -0.3 is 0 Å². The second-order valence-corrected chi connectivity index (χ2v) is 3.76. The van der Waals surface area contributed by atoms with Crippen molar-refractivity contribution in [2.24, 2.45) is 0 Å². The zero-order valence-corrected chi connectivity index (χ0v) is 10.1. The van der Waals surface area contributed by atoms with Crippen molar-refractivity contribution in [3.05, 3.63) is 91.3 Å². The minimum Gasteiger partial charge on any atom is -0.265 e. The van der Waals surface area contributed by atoms with Gasteiger partial charge in [0.1, 0.15) is 0 Å². The van der Waals surface area contributed by atoms with Crippen LogP contribution in [-0.2, 0) is 0 Å². The third-order valence-electron chi connectivity index (χ3n) is 2.45. The van der Waals surface area contributed by atoms with Crippen LogP contribution in [0.25, 0.3) is 10.8 Å². The van der Waals surface area contributed by atoms with Gasteiger partial charge in [0.15, 0.2) is 0 Å². The molecule has 1 aromatic carbocycles. The first kappa shape index (κ1) is 12.1. The highest BCUT2D eigenvalue weighted by Crippen LogP contribution is 2.08. The molecule has 0 aliphatic rings. The van der Waals surface area contributed by atoms with E-state index in [2.05, 4.69) is 23.2 Å². The molecule has 0 aliphatic carbocycles. The molecule has 0 bridgehead atoms. The van der Waals surface area contributed by atoms with E-state index in [-0.39, 0.29) is 0 Å². The molecule has 1 aromatic heterocycles. The first-order valence-corrected chi connectivity index (χ1v) is 5.92. The van der Waals surface area contributed by atoms with Crippen molar-refractivity contribution in [3.63, 3.8) is 0 Å². The van der Waals surface area contributed by atoms with Crippen LogP contribution < -0.4 is 0 Å². The average molecular weight is 233 g/mol. The summed E-state index contributed by atoms with van der Waals surface area (Å²) in [5.41, 5.74) is 0. The molecule has 0 radical (unpaired) electrons. The fraction of sp³-hybridized carbons (Fsp3) is 0. The molecule has 0 saturated heterocycles. The molecular weight excluding hydrogens is 218 g/mol. The molecule has 0 saturated carbocycles. The third kappa shape index (κ3) is 3.87. The molecule has 0 amide bonds. The Bertz CT molecular complexity index is 561. The van der Waals surface area contributed by atoms with Crippen molar-refractivity contribution < 1.29 is 0 Å². The zero-order chi connectivity index (χ0) is 12.5. The predicted octanol–water partition coefficient (Wildman–Crippen LogP) is 4.48. The second kappa shape index (κ2) is 7.02. The number of rotatable bonds is 0. The molecule has 1 heteroatoms. The molecule has 0 aliphatic heterocycles. The van der Waals surface area contributed by atoms with Crippen LogP contribution in [0.4, 0.5) is 0 Å². The monoisotopic (exact) mass is 233 g/mol. The van der Waals surface area contributed by atoms with Gasteiger partial charge in [-0.3, -0.25) is 4.98 Å². The van der Waals surface area contributed by atoms with Gasteiger partial charge in [-0.15, -0.1) is 0 Å². The maximum absolute atomic E-state index is 4.19. The summed E-state index contributed by atoms with van der Waals surface area (Å²) in [4.78, 5) is 4.19. The van der Waals surface area contributed by atoms with Crippen molar-refractivity contribution in [2.75, 3.05) is 0 Å². The number of nitrogens with zero attached hydrogens (tertiary/aromatic N) is 1. The number of fused-ring (bicyclic) bond motifs is 1. The van der Waals surface area contributed by atoms with E-state index in [1.165, 1.54) is 5.39 Å². The Morgan fingerprint density at radius 2 is 0.944 bits per heavy atom. The van der Waals surface area contributed by atoms with Crippen LogP contribution in [0, 0.1) is 0 Å². The number of aromatic nitrogens is 1. The summed E-state index contributed by atoms with van der Waals surface area (Å²) in [6, 6.07) is 26.2. The van der Waals surface area contributed by atoms with E-state index in [1.807, 2.05) is 66.9 Å². The molecule has 0 unspecified atom stereocenters. The SMILES string of the molecule is c1ccccnccc2ccccc2cccc1. The van der Waals surface area contributed by atoms with Crippen LogP contribution in [0.3, 0.4) is 0 Å². The zero-order valence-electron chi connectivity index (χ0n) is 10.1. The standard InChI is InChI=1S/C17H15N/c1-2-4-6-10-16-11-7-8-12-17(16)13-15-18-14-9-5-3-1/h1-15H. The van der Waals surface area contributed by atoms with E-state index in [0.717, 1.165) is 5.39 Å². The van der Waals surface area contributed by atoms with Crippen molar-refractivity contribution >= 4 is 10.8 Å². The maximum atomic E-state index is 4.19. The van der Waals surface area contributed by atoms with E-state index in [0.29, 0.717) is 0 Å². The number of hydrogen-bond acceptors (Lipinski definition) is 1. The van der Waals surface area contributed by atoms with E-state index in [1.54, 1.807) is 6.20 Å². The molecule has 2 aromatic rings. The summed E-state index contributed by atoms with van der Waals surface area (Å²) < 4.78 is 0. The smallest absolute Gasteiger partial charge is 0.0273 e. The van der Waals surface area contributed by atoms with Crippen molar-refractivity contribution in [3.8, 4) is 0 Å². The highest BCUT2D eigenvalue weighted by atomic mass is 14.6. The average Bonchev–Trinajstić information content (AvgIpc) is 2.41. The summed E-state index contributed by atoms with van der Waals surface area (Å²) in [7, 11) is 0. The van der Waals surface area contributed by atoms with Crippen LogP contribution in [0.2, 0.25) is 0 Å². The van der Waals surface area contributed by atoms with Crippen molar-refractivity contribution in [2.45, 2.75) is 0 Å². The number of hydrogen-bond donors (Lipinski definition) is 0. The van der Waals surface area contributed by atoms with Crippen LogP contribution in [0.15, 0.2) is 91.3 Å². The summed E-state index contributed by atoms with van der Waals surface area (Å²) in [6.07, 6.45) is 3.58. The molecule has 0 N–H and O–H groups in total. The fourth-order valence-electron chi connectivity index (χ4n) is 1.57. The van der Waals surface area contributed by atoms with E-state index in [9.17, 15) is 0 Å². The lowest BCUT2D eigenvalue weighted by atomic mass is 10.2. The summed E-state index contributed by atoms with van der Waals surface area (Å²) >= 11 is 0. The highest BCUT2D eigenvalue weighted by molar-refractivity contribution is 5.80. The lowest BCUT2D eigenvalue weighted by Gasteiger charge is -1.89. The first-order chi connectivity index (χ1) is 8.97. The largest absolute Gasteiger partial charge is 0.265 e. The topological polar surface area (TPSA) is 12.9 Å². The van der Waals surface area contributed by atoms with Gasteiger partial charge >= 0.3 is 0 Å². The van der Waals surface area contributed by atoms with Crippen molar-refractivity contribution in [1.29, 1.82) is 0 Å². The third-order valence-corrected chi connectivity index (χ3v) is 2.45. The highest BCUT2D eigenvalue weighted by Gasteiger charge is 1.83. The van der Waals surface area contributed by atoms with Gasteiger partial charge in [0.2, 0.25) is 0 Å². The summed E-state index contributed by atoms with van der Waals surface area (Å²) in [6.45, 7) is 0. The van der Waals surface area contributed by atoms with E-state index < -0.39 is 0 Å². The first-order valence-electron chi connectivity index (χ1n) is 5.92. The molecule has 18 heavy (non-hydrogen) atoms. The van der Waals surface area contributed by atoms with Crippen LogP contribution in [-0.4, -0.2) is 4.98 Å². The van der Waals surface area contributed by atoms with Crippen molar-refractivity contribution in [1.82, 2.24) is 4.98 Å². The molecule has 1 nitrogen and oxygen atoms in total. The predicted molar refractivity (Wildman–Crippen MR) is 77.0 cm³/mol. The van der Waals surface area contributed by atoms with Crippen LogP contribution in [0.5, 0.6) is 0 Å². The van der Waals surface area contributed by atoms with Crippen LogP contribution in [0.1, 0.15) is 0 Å². The minimum absolute atomic E-state index is 1.16. The molecular formula is C17H15N. The summed E-state index contributed by atoms with van der Waals surface area (Å²) in [5.74, 6) is 0. The van der Waals surface area contributed by atoms with Gasteiger partial charge in [0.05, 0.1) is 0 Å². The van der Waals surface area contributed by atoms with Gasteiger partial charge in [-0.1, -0.05) is 66.7 Å². The Labute approximate surface area is 107 Å². The number of benzene rings is 1. The van der Waals surface area contributed by atoms with Gasteiger partial charge in [0, 0.05) is 12.4 Å². The molecule has 1 heterocycles. The van der Waals surface area contributed by atoms with Crippen LogP contribution >= 0.6 is 0 Å². The Kier molecular flexibility index (Phi) is 4.70. The molecule has 88 valence electrons. The Morgan fingerprint density at radius 3 is 1.67 bits per heavy atom. The Morgan fingerprint density at radius 1 is 0.444 bits per heavy atom. The van der Waals surface area contributed by atoms with Gasteiger partial charge in [-0.05, 0) is 22.9 Å². The van der Waals surface area contributed by atoms with Gasteiger partial charge in [0.25, 0.3) is 0 Å². The van der Waals surface area contributed by atoms with E-state index >= 15 is 0 Å². The second-order valence-electron chi connectivity index (χ2n) is 3.76. The van der Waals surface area contributed by atoms with Gasteiger partial charge in [-0.2, -0.15) is 0 Å². The quantitative estimate of drug-likeness (QED) is 0.653. The lowest BCUT2D eigenvalue weighted by Crippen LogP contribution is -1.65. The Balaban J connectivity index is 2.63. The molecule has 2 rings (SSSR count). The minimum atomic E-state index is 1.16. The normalized spacial score (nSPS) is 9.11. The maximum Gasteiger partial charge on any atom is 0.0273 e. The lowest BCUT2D eigenvalue weighted by molar-refractivity contribution is 1.36. The molecule has 0 spiro atoms.